The van der Waals surface area contributed by atoms with Crippen LogP contribution < -0.4 is 5.32 Å². The summed E-state index contributed by atoms with van der Waals surface area (Å²) in [6.45, 7) is 1.91. The molecule has 0 spiro atoms. The van der Waals surface area contributed by atoms with E-state index in [1.165, 1.54) is 19.3 Å². The molecule has 3 aromatic heterocycles. The van der Waals surface area contributed by atoms with Crippen LogP contribution >= 0.6 is 0 Å². The number of amides is 1. The van der Waals surface area contributed by atoms with Crippen LogP contribution in [0.25, 0.3) is 5.52 Å². The molecule has 0 unspecified atom stereocenters. The smallest absolute Gasteiger partial charge is 0.276 e. The lowest BCUT2D eigenvalue weighted by Gasteiger charge is -2.20. The number of imidazole rings is 1. The highest BCUT2D eigenvalue weighted by Gasteiger charge is 2.24. The van der Waals surface area contributed by atoms with Crippen LogP contribution in [0.15, 0.2) is 42.7 Å². The molecule has 0 radical (unpaired) electrons. The number of pyridine rings is 2. The van der Waals surface area contributed by atoms with Gasteiger partial charge in [-0.1, -0.05) is 25.3 Å². The summed E-state index contributed by atoms with van der Waals surface area (Å²) in [4.78, 5) is 21.8. The molecule has 0 aliphatic heterocycles. The summed E-state index contributed by atoms with van der Waals surface area (Å²) in [6, 6.07) is 9.57. The maximum Gasteiger partial charge on any atom is 0.276 e. The number of hydrogen-bond acceptors (Lipinski definition) is 3. The fraction of sp³-hybridized carbons (Fsp3) is 0.350. The molecule has 128 valence electrons. The highest BCUT2D eigenvalue weighted by Crippen LogP contribution is 2.33. The molecule has 0 aromatic carbocycles. The van der Waals surface area contributed by atoms with Gasteiger partial charge in [0.1, 0.15) is 5.82 Å². The molecule has 3 aromatic rings. The SMILES string of the molecule is Cc1cc(NC(=O)c2nc(C3CCCCC3)n3ccccc23)ccn1. The first-order chi connectivity index (χ1) is 12.2. The van der Waals surface area contributed by atoms with Gasteiger partial charge in [-0.25, -0.2) is 4.98 Å². The number of carbonyl (C=O) groups is 1. The predicted molar refractivity (Wildman–Crippen MR) is 97.9 cm³/mol. The summed E-state index contributed by atoms with van der Waals surface area (Å²) in [5, 5.41) is 2.95. The van der Waals surface area contributed by atoms with E-state index in [9.17, 15) is 4.79 Å². The molecule has 0 bridgehead atoms. The van der Waals surface area contributed by atoms with Gasteiger partial charge in [-0.3, -0.25) is 9.78 Å². The number of nitrogens with one attached hydrogen (secondary N) is 1. The maximum atomic E-state index is 12.8. The van der Waals surface area contributed by atoms with Crippen molar-refractivity contribution in [2.45, 2.75) is 44.9 Å². The largest absolute Gasteiger partial charge is 0.320 e. The molecule has 1 saturated carbocycles. The molecule has 0 atom stereocenters. The molecule has 1 aliphatic carbocycles. The Morgan fingerprint density at radius 1 is 1.20 bits per heavy atom. The molecule has 1 N–H and O–H groups in total. The van der Waals surface area contributed by atoms with Crippen LogP contribution in [-0.4, -0.2) is 20.3 Å². The van der Waals surface area contributed by atoms with Crippen LogP contribution in [0.4, 0.5) is 5.69 Å². The third kappa shape index (κ3) is 3.14. The summed E-state index contributed by atoms with van der Waals surface area (Å²) in [7, 11) is 0. The summed E-state index contributed by atoms with van der Waals surface area (Å²) in [5.41, 5.74) is 2.98. The van der Waals surface area contributed by atoms with Crippen LogP contribution in [0, 0.1) is 6.92 Å². The van der Waals surface area contributed by atoms with Crippen molar-refractivity contribution in [1.29, 1.82) is 0 Å². The quantitative estimate of drug-likeness (QED) is 0.775. The van der Waals surface area contributed by atoms with Gasteiger partial charge in [-0.2, -0.15) is 0 Å². The van der Waals surface area contributed by atoms with E-state index in [0.717, 1.165) is 35.6 Å². The fourth-order valence-corrected chi connectivity index (χ4v) is 3.69. The third-order valence-corrected chi connectivity index (χ3v) is 4.92. The van der Waals surface area contributed by atoms with Crippen LogP contribution in [0.2, 0.25) is 0 Å². The van der Waals surface area contributed by atoms with E-state index < -0.39 is 0 Å². The standard InChI is InChI=1S/C20H22N4O/c1-14-13-16(10-11-21-14)22-20(25)18-17-9-5-6-12-24(17)19(23-18)15-7-3-2-4-8-15/h5-6,9-13,15H,2-4,7-8H2,1H3,(H,21,22,25). The Hall–Kier alpha value is -2.69. The van der Waals surface area contributed by atoms with Crippen molar-refractivity contribution in [3.05, 3.63) is 59.9 Å². The average molecular weight is 334 g/mol. The number of rotatable bonds is 3. The van der Waals surface area contributed by atoms with Gasteiger partial charge in [-0.05, 0) is 44.0 Å². The van der Waals surface area contributed by atoms with Crippen molar-refractivity contribution in [2.75, 3.05) is 5.32 Å². The number of anilines is 1. The van der Waals surface area contributed by atoms with E-state index >= 15 is 0 Å². The molecule has 25 heavy (non-hydrogen) atoms. The topological polar surface area (TPSA) is 59.3 Å². The van der Waals surface area contributed by atoms with Gasteiger partial charge in [0.05, 0.1) is 5.52 Å². The van der Waals surface area contributed by atoms with E-state index in [1.807, 2.05) is 37.4 Å². The molecule has 4 rings (SSSR count). The molecule has 1 fully saturated rings. The third-order valence-electron chi connectivity index (χ3n) is 4.92. The molecular weight excluding hydrogens is 312 g/mol. The van der Waals surface area contributed by atoms with Crippen molar-refractivity contribution < 1.29 is 4.79 Å². The lowest BCUT2D eigenvalue weighted by atomic mass is 9.89. The molecule has 0 saturated heterocycles. The monoisotopic (exact) mass is 334 g/mol. The Kier molecular flexibility index (Phi) is 4.22. The minimum atomic E-state index is -0.170. The van der Waals surface area contributed by atoms with Gasteiger partial charge in [0, 0.05) is 29.7 Å². The number of nitrogens with zero attached hydrogens (tertiary/aromatic N) is 3. The summed E-state index contributed by atoms with van der Waals surface area (Å²) in [5.74, 6) is 1.29. The minimum absolute atomic E-state index is 0.170. The second-order valence-corrected chi connectivity index (χ2v) is 6.75. The van der Waals surface area contributed by atoms with Gasteiger partial charge in [0.15, 0.2) is 5.69 Å². The van der Waals surface area contributed by atoms with E-state index in [2.05, 4.69) is 14.7 Å². The van der Waals surface area contributed by atoms with Crippen molar-refractivity contribution >= 4 is 17.1 Å². The number of hydrogen-bond donors (Lipinski definition) is 1. The number of aromatic nitrogens is 3. The zero-order chi connectivity index (χ0) is 17.2. The van der Waals surface area contributed by atoms with Gasteiger partial charge < -0.3 is 9.72 Å². The molecule has 1 aliphatic rings. The summed E-state index contributed by atoms with van der Waals surface area (Å²) < 4.78 is 2.09. The van der Waals surface area contributed by atoms with Crippen molar-refractivity contribution in [3.63, 3.8) is 0 Å². The van der Waals surface area contributed by atoms with Crippen molar-refractivity contribution in [3.8, 4) is 0 Å². The van der Waals surface area contributed by atoms with Gasteiger partial charge in [-0.15, -0.1) is 0 Å². The van der Waals surface area contributed by atoms with Crippen LogP contribution in [0.3, 0.4) is 0 Å². The van der Waals surface area contributed by atoms with Crippen LogP contribution in [0.1, 0.15) is 60.0 Å². The first kappa shape index (κ1) is 15.8. The zero-order valence-corrected chi connectivity index (χ0v) is 14.4. The first-order valence-electron chi connectivity index (χ1n) is 8.93. The maximum absolute atomic E-state index is 12.8. The fourth-order valence-electron chi connectivity index (χ4n) is 3.69. The van der Waals surface area contributed by atoms with E-state index in [-0.39, 0.29) is 5.91 Å². The van der Waals surface area contributed by atoms with E-state index in [4.69, 9.17) is 4.98 Å². The molecule has 5 nitrogen and oxygen atoms in total. The summed E-state index contributed by atoms with van der Waals surface area (Å²) in [6.07, 6.45) is 9.80. The van der Waals surface area contributed by atoms with E-state index in [1.54, 1.807) is 12.3 Å². The minimum Gasteiger partial charge on any atom is -0.320 e. The molecular formula is C20H22N4O. The van der Waals surface area contributed by atoms with Crippen molar-refractivity contribution in [1.82, 2.24) is 14.4 Å². The first-order valence-corrected chi connectivity index (χ1v) is 8.93. The Morgan fingerprint density at radius 2 is 2.04 bits per heavy atom. The number of carbonyl (C=O) groups excluding carboxylic acids is 1. The van der Waals surface area contributed by atoms with Crippen molar-refractivity contribution in [2.24, 2.45) is 0 Å². The highest BCUT2D eigenvalue weighted by atomic mass is 16.1. The lowest BCUT2D eigenvalue weighted by Crippen LogP contribution is -2.13. The zero-order valence-electron chi connectivity index (χ0n) is 14.4. The van der Waals surface area contributed by atoms with Gasteiger partial charge in [0.2, 0.25) is 0 Å². The van der Waals surface area contributed by atoms with E-state index in [0.29, 0.717) is 11.6 Å². The summed E-state index contributed by atoms with van der Waals surface area (Å²) >= 11 is 0. The second-order valence-electron chi connectivity index (χ2n) is 6.75. The predicted octanol–water partition coefficient (Wildman–Crippen LogP) is 4.34. The second kappa shape index (κ2) is 6.67. The average Bonchev–Trinajstić information content (AvgIpc) is 3.02. The molecule has 1 amide bonds. The Balaban J connectivity index is 1.70. The lowest BCUT2D eigenvalue weighted by molar-refractivity contribution is 0.102. The number of fused-ring (bicyclic) bond motifs is 1. The molecule has 5 heteroatoms. The van der Waals surface area contributed by atoms with Gasteiger partial charge >= 0.3 is 0 Å². The Bertz CT molecular complexity index is 909. The number of aryl methyl sites for hydroxylation is 1. The Morgan fingerprint density at radius 3 is 2.84 bits per heavy atom. The highest BCUT2D eigenvalue weighted by molar-refractivity contribution is 6.07. The normalized spacial score (nSPS) is 15.4. The Labute approximate surface area is 147 Å². The molecule has 3 heterocycles. The van der Waals surface area contributed by atoms with Crippen LogP contribution in [-0.2, 0) is 0 Å². The van der Waals surface area contributed by atoms with Gasteiger partial charge in [0.25, 0.3) is 5.91 Å². The van der Waals surface area contributed by atoms with Crippen LogP contribution in [0.5, 0.6) is 0 Å².